The number of halogens is 1. The number of rotatable bonds is 4. The Labute approximate surface area is 145 Å². The molecule has 6 nitrogen and oxygen atoms in total. The van der Waals surface area contributed by atoms with Crippen LogP contribution in [0.15, 0.2) is 48.8 Å². The number of H-pyrrole nitrogens is 1. The van der Waals surface area contributed by atoms with Crippen molar-refractivity contribution in [1.82, 2.24) is 25.5 Å². The van der Waals surface area contributed by atoms with E-state index in [0.29, 0.717) is 0 Å². The summed E-state index contributed by atoms with van der Waals surface area (Å²) in [7, 11) is 0. The van der Waals surface area contributed by atoms with Gasteiger partial charge in [0.25, 0.3) is 0 Å². The Hall–Kier alpha value is -2.77. The van der Waals surface area contributed by atoms with Crippen LogP contribution in [-0.4, -0.2) is 46.4 Å². The van der Waals surface area contributed by atoms with Crippen LogP contribution in [-0.2, 0) is 0 Å². The fraction of sp³-hybridized carbons (Fsp3) is 0.222. The summed E-state index contributed by atoms with van der Waals surface area (Å²) in [6.45, 7) is 3.78. The predicted molar refractivity (Wildman–Crippen MR) is 95.3 cm³/mol. The lowest BCUT2D eigenvalue weighted by Gasteiger charge is -2.28. The number of nitrogens with zero attached hydrogens (tertiary/aromatic N) is 3. The zero-order chi connectivity index (χ0) is 17.1. The van der Waals surface area contributed by atoms with Gasteiger partial charge in [0, 0.05) is 43.5 Å². The van der Waals surface area contributed by atoms with Crippen molar-refractivity contribution in [3.05, 3.63) is 54.6 Å². The van der Waals surface area contributed by atoms with E-state index >= 15 is 0 Å². The van der Waals surface area contributed by atoms with E-state index < -0.39 is 0 Å². The fourth-order valence-electron chi connectivity index (χ4n) is 2.94. The van der Waals surface area contributed by atoms with Crippen molar-refractivity contribution in [2.75, 3.05) is 31.6 Å². The molecule has 0 amide bonds. The molecule has 0 atom stereocenters. The molecule has 0 aliphatic carbocycles. The summed E-state index contributed by atoms with van der Waals surface area (Å²) in [4.78, 5) is 4.40. The highest BCUT2D eigenvalue weighted by molar-refractivity contribution is 5.81. The van der Waals surface area contributed by atoms with Crippen molar-refractivity contribution in [1.29, 1.82) is 0 Å². The zero-order valence-electron chi connectivity index (χ0n) is 13.7. The van der Waals surface area contributed by atoms with Gasteiger partial charge in [-0.05, 0) is 42.0 Å². The van der Waals surface area contributed by atoms with Gasteiger partial charge in [-0.1, -0.05) is 0 Å². The highest BCUT2D eigenvalue weighted by atomic mass is 19.1. The van der Waals surface area contributed by atoms with Gasteiger partial charge in [-0.15, -0.1) is 0 Å². The molecule has 128 valence electrons. The number of hydrazine groups is 1. The minimum Gasteiger partial charge on any atom is -0.314 e. The largest absolute Gasteiger partial charge is 0.314 e. The molecule has 4 rings (SSSR count). The average Bonchev–Trinajstić information content (AvgIpc) is 3.13. The molecule has 3 aromatic rings. The number of piperazine rings is 1. The van der Waals surface area contributed by atoms with Crippen LogP contribution in [0.4, 0.5) is 10.2 Å². The number of aromatic nitrogens is 3. The van der Waals surface area contributed by atoms with E-state index in [1.54, 1.807) is 24.5 Å². The lowest BCUT2D eigenvalue weighted by molar-refractivity contribution is 0.286. The third-order valence-electron chi connectivity index (χ3n) is 4.23. The first-order valence-electron chi connectivity index (χ1n) is 8.28. The van der Waals surface area contributed by atoms with E-state index in [1.165, 1.54) is 12.1 Å². The highest BCUT2D eigenvalue weighted by Gasteiger charge is 2.13. The molecule has 3 N–H and O–H groups in total. The number of anilines is 1. The second kappa shape index (κ2) is 7.00. The first-order valence-corrected chi connectivity index (χ1v) is 8.28. The Balaban J connectivity index is 1.61. The minimum atomic E-state index is -0.253. The maximum Gasteiger partial charge on any atom is 0.140 e. The topological polar surface area (TPSA) is 68.9 Å². The molecular weight excluding hydrogens is 319 g/mol. The molecule has 25 heavy (non-hydrogen) atoms. The van der Waals surface area contributed by atoms with Gasteiger partial charge in [-0.3, -0.25) is 5.10 Å². The van der Waals surface area contributed by atoms with E-state index in [0.717, 1.165) is 54.4 Å². The van der Waals surface area contributed by atoms with E-state index in [2.05, 4.69) is 30.9 Å². The van der Waals surface area contributed by atoms with Gasteiger partial charge in [0.1, 0.15) is 11.6 Å². The summed E-state index contributed by atoms with van der Waals surface area (Å²) in [5, 5.41) is 12.6. The summed E-state index contributed by atoms with van der Waals surface area (Å²) in [5.74, 6) is 0.543. The number of pyridine rings is 1. The second-order valence-electron chi connectivity index (χ2n) is 5.94. The maximum atomic E-state index is 13.2. The van der Waals surface area contributed by atoms with Crippen LogP contribution >= 0.6 is 0 Å². The number of hydrogen-bond acceptors (Lipinski definition) is 5. The molecule has 0 unspecified atom stereocenters. The molecular formula is C18H19FN6. The molecule has 0 radical (unpaired) electrons. The Morgan fingerprint density at radius 1 is 1.04 bits per heavy atom. The maximum absolute atomic E-state index is 13.2. The molecule has 3 heterocycles. The molecule has 1 aliphatic rings. The first kappa shape index (κ1) is 15.7. The zero-order valence-corrected chi connectivity index (χ0v) is 13.7. The standard InChI is InChI=1S/C18H19FN6/c19-15-3-1-13(2-4-15)18-16(12-22-23-18)14-5-6-21-17(11-14)24-25-9-7-20-8-10-25/h1-6,11-12,20H,7-10H2,(H,21,24)(H,22,23). The van der Waals surface area contributed by atoms with Gasteiger partial charge in [-0.2, -0.15) is 5.10 Å². The molecule has 0 saturated carbocycles. The average molecular weight is 338 g/mol. The van der Waals surface area contributed by atoms with E-state index in [1.807, 2.05) is 12.1 Å². The van der Waals surface area contributed by atoms with Crippen LogP contribution in [0.3, 0.4) is 0 Å². The summed E-state index contributed by atoms with van der Waals surface area (Å²) >= 11 is 0. The molecule has 1 aliphatic heterocycles. The number of nitrogens with one attached hydrogen (secondary N) is 3. The third-order valence-corrected chi connectivity index (χ3v) is 4.23. The van der Waals surface area contributed by atoms with Crippen molar-refractivity contribution < 1.29 is 4.39 Å². The van der Waals surface area contributed by atoms with Crippen molar-refractivity contribution in [3.63, 3.8) is 0 Å². The molecule has 1 saturated heterocycles. The number of aromatic amines is 1. The summed E-state index contributed by atoms with van der Waals surface area (Å²) in [5.41, 5.74) is 7.06. The van der Waals surface area contributed by atoms with Crippen molar-refractivity contribution in [2.45, 2.75) is 0 Å². The van der Waals surface area contributed by atoms with Crippen LogP contribution in [0, 0.1) is 5.82 Å². The summed E-state index contributed by atoms with van der Waals surface area (Å²) in [6.07, 6.45) is 3.56. The number of hydrogen-bond donors (Lipinski definition) is 3. The van der Waals surface area contributed by atoms with Gasteiger partial charge in [0.15, 0.2) is 0 Å². The van der Waals surface area contributed by atoms with Crippen molar-refractivity contribution in [2.24, 2.45) is 0 Å². The van der Waals surface area contributed by atoms with Gasteiger partial charge in [0.05, 0.1) is 11.9 Å². The molecule has 0 bridgehead atoms. The lowest BCUT2D eigenvalue weighted by Crippen LogP contribution is -2.46. The normalized spacial score (nSPS) is 15.2. The molecule has 1 fully saturated rings. The summed E-state index contributed by atoms with van der Waals surface area (Å²) in [6, 6.07) is 10.3. The van der Waals surface area contributed by atoms with Crippen LogP contribution < -0.4 is 10.7 Å². The molecule has 1 aromatic carbocycles. The van der Waals surface area contributed by atoms with Gasteiger partial charge in [0.2, 0.25) is 0 Å². The Morgan fingerprint density at radius 2 is 1.84 bits per heavy atom. The van der Waals surface area contributed by atoms with E-state index in [4.69, 9.17) is 0 Å². The molecule has 2 aromatic heterocycles. The third kappa shape index (κ3) is 3.52. The first-order chi connectivity index (χ1) is 12.3. The van der Waals surface area contributed by atoms with E-state index in [-0.39, 0.29) is 5.82 Å². The Kier molecular flexibility index (Phi) is 4.41. The SMILES string of the molecule is Fc1ccc(-c2[nH]ncc2-c2ccnc(NN3CCNCC3)c2)cc1. The quantitative estimate of drug-likeness (QED) is 0.682. The van der Waals surface area contributed by atoms with Crippen molar-refractivity contribution >= 4 is 5.82 Å². The van der Waals surface area contributed by atoms with Crippen molar-refractivity contribution in [3.8, 4) is 22.4 Å². The van der Waals surface area contributed by atoms with Crippen LogP contribution in [0.25, 0.3) is 22.4 Å². The monoisotopic (exact) mass is 338 g/mol. The Morgan fingerprint density at radius 3 is 2.64 bits per heavy atom. The van der Waals surface area contributed by atoms with Crippen LogP contribution in [0.2, 0.25) is 0 Å². The Bertz CT molecular complexity index is 839. The minimum absolute atomic E-state index is 0.253. The molecule has 7 heteroatoms. The van der Waals surface area contributed by atoms with E-state index in [9.17, 15) is 4.39 Å². The predicted octanol–water partition coefficient (Wildman–Crippen LogP) is 2.51. The van der Waals surface area contributed by atoms with Gasteiger partial charge in [-0.25, -0.2) is 14.4 Å². The molecule has 0 spiro atoms. The van der Waals surface area contributed by atoms with Crippen LogP contribution in [0.5, 0.6) is 0 Å². The second-order valence-corrected chi connectivity index (χ2v) is 5.94. The lowest BCUT2D eigenvalue weighted by atomic mass is 10.0. The highest BCUT2D eigenvalue weighted by Crippen LogP contribution is 2.30. The van der Waals surface area contributed by atoms with Crippen LogP contribution in [0.1, 0.15) is 0 Å². The summed E-state index contributed by atoms with van der Waals surface area (Å²) < 4.78 is 13.2. The van der Waals surface area contributed by atoms with Gasteiger partial charge >= 0.3 is 0 Å². The fourth-order valence-corrected chi connectivity index (χ4v) is 2.94. The van der Waals surface area contributed by atoms with Gasteiger partial charge < -0.3 is 10.7 Å². The number of benzene rings is 1. The smallest absolute Gasteiger partial charge is 0.140 e.